The summed E-state index contributed by atoms with van der Waals surface area (Å²) in [6.07, 6.45) is 2.21. The summed E-state index contributed by atoms with van der Waals surface area (Å²) in [5, 5.41) is 3.55. The molecule has 17 heavy (non-hydrogen) atoms. The average Bonchev–Trinajstić information content (AvgIpc) is 2.27. The highest BCUT2D eigenvalue weighted by Gasteiger charge is 2.16. The molecule has 0 atom stereocenters. The molecule has 1 N–H and O–H groups in total. The first-order valence-corrected chi connectivity index (χ1v) is 5.95. The lowest BCUT2D eigenvalue weighted by Gasteiger charge is -2.26. The van der Waals surface area contributed by atoms with Crippen LogP contribution < -0.4 is 10.1 Å². The molecule has 0 aliphatic carbocycles. The Balaban J connectivity index is 0.00000256. The van der Waals surface area contributed by atoms with Crippen molar-refractivity contribution < 1.29 is 4.74 Å². The van der Waals surface area contributed by atoms with Gasteiger partial charge in [0, 0.05) is 5.54 Å². The second-order valence-electron chi connectivity index (χ2n) is 4.84. The fourth-order valence-corrected chi connectivity index (χ4v) is 1.78. The third-order valence-corrected chi connectivity index (χ3v) is 2.66. The van der Waals surface area contributed by atoms with Gasteiger partial charge in [0.25, 0.3) is 0 Å². The molecule has 0 bridgehead atoms. The molecule has 0 spiro atoms. The van der Waals surface area contributed by atoms with Crippen molar-refractivity contribution in [3.63, 3.8) is 0 Å². The van der Waals surface area contributed by atoms with Gasteiger partial charge in [0.15, 0.2) is 0 Å². The molecular weight excluding hydrogens is 234 g/mol. The molecule has 0 heterocycles. The van der Waals surface area contributed by atoms with Gasteiger partial charge in [0.05, 0.1) is 7.11 Å². The molecule has 0 saturated carbocycles. The van der Waals surface area contributed by atoms with E-state index < -0.39 is 0 Å². The Hall–Kier alpha value is -0.730. The van der Waals surface area contributed by atoms with Crippen molar-refractivity contribution in [2.45, 2.75) is 39.2 Å². The molecular formula is C14H24ClNO. The molecule has 0 fully saturated rings. The number of ether oxygens (including phenoxy) is 1. The van der Waals surface area contributed by atoms with Crippen molar-refractivity contribution >= 4 is 12.4 Å². The molecule has 3 heteroatoms. The number of hydrogen-bond donors (Lipinski definition) is 1. The van der Waals surface area contributed by atoms with E-state index in [-0.39, 0.29) is 17.9 Å². The summed E-state index contributed by atoms with van der Waals surface area (Å²) in [5.41, 5.74) is 1.50. The Kier molecular flexibility index (Phi) is 7.24. The Labute approximate surface area is 111 Å². The smallest absolute Gasteiger partial charge is 0.118 e. The van der Waals surface area contributed by atoms with Gasteiger partial charge < -0.3 is 10.1 Å². The van der Waals surface area contributed by atoms with Gasteiger partial charge in [-0.15, -0.1) is 12.4 Å². The highest BCUT2D eigenvalue weighted by atomic mass is 35.5. The van der Waals surface area contributed by atoms with E-state index in [1.165, 1.54) is 12.0 Å². The molecule has 0 aliphatic heterocycles. The summed E-state index contributed by atoms with van der Waals surface area (Å²) in [6, 6.07) is 8.30. The number of rotatable bonds is 6. The van der Waals surface area contributed by atoms with E-state index in [2.05, 4.69) is 38.2 Å². The van der Waals surface area contributed by atoms with Crippen LogP contribution in [0.25, 0.3) is 0 Å². The lowest BCUT2D eigenvalue weighted by atomic mass is 9.95. The van der Waals surface area contributed by atoms with E-state index in [0.29, 0.717) is 0 Å². The number of methoxy groups -OCH3 is 1. The van der Waals surface area contributed by atoms with Crippen LogP contribution in [0.5, 0.6) is 5.75 Å². The predicted octanol–water partition coefficient (Wildman–Crippen LogP) is 3.44. The minimum atomic E-state index is 0. The first kappa shape index (κ1) is 16.3. The van der Waals surface area contributed by atoms with Crippen LogP contribution in [0.15, 0.2) is 24.3 Å². The number of benzene rings is 1. The lowest BCUT2D eigenvalue weighted by molar-refractivity contribution is 0.386. The highest BCUT2D eigenvalue weighted by molar-refractivity contribution is 5.85. The van der Waals surface area contributed by atoms with Gasteiger partial charge in [-0.25, -0.2) is 0 Å². The number of nitrogens with one attached hydrogen (secondary N) is 1. The average molecular weight is 258 g/mol. The summed E-state index contributed by atoms with van der Waals surface area (Å²) < 4.78 is 5.15. The topological polar surface area (TPSA) is 21.3 Å². The molecule has 0 aromatic heterocycles. The van der Waals surface area contributed by atoms with E-state index in [1.807, 2.05) is 12.1 Å². The summed E-state index contributed by atoms with van der Waals surface area (Å²) in [4.78, 5) is 0. The molecule has 0 amide bonds. The van der Waals surface area contributed by atoms with Crippen LogP contribution in [0.1, 0.15) is 32.8 Å². The Morgan fingerprint density at radius 2 is 1.76 bits per heavy atom. The normalized spacial score (nSPS) is 10.8. The quantitative estimate of drug-likeness (QED) is 0.843. The van der Waals surface area contributed by atoms with E-state index in [9.17, 15) is 0 Å². The largest absolute Gasteiger partial charge is 0.497 e. The second kappa shape index (κ2) is 7.57. The molecule has 0 unspecified atom stereocenters. The fourth-order valence-electron chi connectivity index (χ4n) is 1.78. The van der Waals surface area contributed by atoms with Gasteiger partial charge in [-0.1, -0.05) is 19.1 Å². The molecule has 0 saturated heterocycles. The van der Waals surface area contributed by atoms with Gasteiger partial charge in [0.2, 0.25) is 0 Å². The first-order chi connectivity index (χ1) is 7.57. The van der Waals surface area contributed by atoms with Gasteiger partial charge in [0.1, 0.15) is 5.75 Å². The van der Waals surface area contributed by atoms with E-state index in [4.69, 9.17) is 4.74 Å². The molecule has 0 aliphatic rings. The SMILES string of the molecule is CCCNC(C)(C)Cc1ccc(OC)cc1.Cl. The van der Waals surface area contributed by atoms with Crippen LogP contribution >= 0.6 is 12.4 Å². The third kappa shape index (κ3) is 5.94. The van der Waals surface area contributed by atoms with Crippen LogP contribution in [-0.2, 0) is 6.42 Å². The van der Waals surface area contributed by atoms with Crippen LogP contribution in [-0.4, -0.2) is 19.2 Å². The van der Waals surface area contributed by atoms with Crippen molar-refractivity contribution in [3.05, 3.63) is 29.8 Å². The Morgan fingerprint density at radius 3 is 2.24 bits per heavy atom. The zero-order valence-electron chi connectivity index (χ0n) is 11.2. The van der Waals surface area contributed by atoms with Gasteiger partial charge in [-0.3, -0.25) is 0 Å². The summed E-state index contributed by atoms with van der Waals surface area (Å²) in [7, 11) is 1.70. The number of hydrogen-bond acceptors (Lipinski definition) is 2. The van der Waals surface area contributed by atoms with Gasteiger partial charge in [-0.05, 0) is 50.9 Å². The molecule has 2 nitrogen and oxygen atoms in total. The zero-order chi connectivity index (χ0) is 12.0. The maximum atomic E-state index is 5.15. The van der Waals surface area contributed by atoms with E-state index in [0.717, 1.165) is 18.7 Å². The maximum absolute atomic E-state index is 5.15. The van der Waals surface area contributed by atoms with Gasteiger partial charge in [-0.2, -0.15) is 0 Å². The van der Waals surface area contributed by atoms with Gasteiger partial charge >= 0.3 is 0 Å². The Morgan fingerprint density at radius 1 is 1.18 bits per heavy atom. The van der Waals surface area contributed by atoms with Crippen molar-refractivity contribution in [1.29, 1.82) is 0 Å². The monoisotopic (exact) mass is 257 g/mol. The van der Waals surface area contributed by atoms with Crippen LogP contribution in [0, 0.1) is 0 Å². The van der Waals surface area contributed by atoms with Crippen LogP contribution in [0.2, 0.25) is 0 Å². The third-order valence-electron chi connectivity index (χ3n) is 2.66. The van der Waals surface area contributed by atoms with Crippen molar-refractivity contribution in [2.24, 2.45) is 0 Å². The summed E-state index contributed by atoms with van der Waals surface area (Å²) in [5.74, 6) is 0.920. The number of halogens is 1. The lowest BCUT2D eigenvalue weighted by Crippen LogP contribution is -2.41. The summed E-state index contributed by atoms with van der Waals surface area (Å²) >= 11 is 0. The van der Waals surface area contributed by atoms with Crippen molar-refractivity contribution in [1.82, 2.24) is 5.32 Å². The maximum Gasteiger partial charge on any atom is 0.118 e. The molecule has 98 valence electrons. The molecule has 0 radical (unpaired) electrons. The first-order valence-electron chi connectivity index (χ1n) is 5.95. The van der Waals surface area contributed by atoms with Crippen molar-refractivity contribution in [2.75, 3.05) is 13.7 Å². The van der Waals surface area contributed by atoms with E-state index in [1.54, 1.807) is 7.11 Å². The van der Waals surface area contributed by atoms with Crippen molar-refractivity contribution in [3.8, 4) is 5.75 Å². The van der Waals surface area contributed by atoms with E-state index >= 15 is 0 Å². The highest BCUT2D eigenvalue weighted by Crippen LogP contribution is 2.16. The summed E-state index contributed by atoms with van der Waals surface area (Å²) in [6.45, 7) is 7.75. The Bertz CT molecular complexity index is 309. The molecule has 1 rings (SSSR count). The minimum absolute atomic E-state index is 0. The van der Waals surface area contributed by atoms with Crippen LogP contribution in [0.4, 0.5) is 0 Å². The molecule has 1 aromatic carbocycles. The minimum Gasteiger partial charge on any atom is -0.497 e. The molecule has 1 aromatic rings. The van der Waals surface area contributed by atoms with Crippen LogP contribution in [0.3, 0.4) is 0 Å². The fraction of sp³-hybridized carbons (Fsp3) is 0.571. The zero-order valence-corrected chi connectivity index (χ0v) is 12.1. The standard InChI is InChI=1S/C14H23NO.ClH/c1-5-10-15-14(2,3)11-12-6-8-13(16-4)9-7-12;/h6-9,15H,5,10-11H2,1-4H3;1H. The second-order valence-corrected chi connectivity index (χ2v) is 4.84. The predicted molar refractivity (Wildman–Crippen MR) is 76.3 cm³/mol.